The lowest BCUT2D eigenvalue weighted by Crippen LogP contribution is -2.52. The molecule has 0 atom stereocenters. The summed E-state index contributed by atoms with van der Waals surface area (Å²) in [6.07, 6.45) is 0.620. The van der Waals surface area contributed by atoms with Gasteiger partial charge < -0.3 is 18.7 Å². The first-order chi connectivity index (χ1) is 6.35. The van der Waals surface area contributed by atoms with Gasteiger partial charge in [0.2, 0.25) is 0 Å². The molecule has 0 aromatic heterocycles. The molecule has 0 fully saturated rings. The van der Waals surface area contributed by atoms with E-state index in [1.165, 1.54) is 0 Å². The predicted molar refractivity (Wildman–Crippen MR) is 58.8 cm³/mol. The van der Waals surface area contributed by atoms with E-state index in [9.17, 15) is 0 Å². The average Bonchev–Trinajstić information content (AvgIpc) is 2.05. The van der Waals surface area contributed by atoms with Crippen molar-refractivity contribution in [2.75, 3.05) is 21.3 Å². The van der Waals surface area contributed by atoms with E-state index in [1.807, 2.05) is 13.8 Å². The molecule has 5 heteroatoms. The molecule has 4 nitrogen and oxygen atoms in total. The SMILES string of the molecule is CO[Si](OC)(OC)C(C)(C)CC(C)=N. The van der Waals surface area contributed by atoms with Gasteiger partial charge in [0.25, 0.3) is 0 Å². The largest absolute Gasteiger partial charge is 0.506 e. The van der Waals surface area contributed by atoms with Crippen LogP contribution in [0.4, 0.5) is 0 Å². The molecular formula is C9H21NO3Si. The Bertz CT molecular complexity index is 194. The van der Waals surface area contributed by atoms with Gasteiger partial charge in [-0.2, -0.15) is 0 Å². The van der Waals surface area contributed by atoms with Crippen LogP contribution in [-0.2, 0) is 13.3 Å². The standard InChI is InChI=1S/C9H21NO3Si/c1-8(10)7-9(2,3)14(11-4,12-5)13-6/h10H,7H2,1-6H3. The van der Waals surface area contributed by atoms with Gasteiger partial charge in [-0.15, -0.1) is 0 Å². The number of nitrogens with one attached hydrogen (secondary N) is 1. The van der Waals surface area contributed by atoms with Crippen LogP contribution >= 0.6 is 0 Å². The second-order valence-electron chi connectivity index (χ2n) is 4.01. The van der Waals surface area contributed by atoms with Gasteiger partial charge in [0.05, 0.1) is 0 Å². The lowest BCUT2D eigenvalue weighted by molar-refractivity contribution is 0.0966. The zero-order valence-electron chi connectivity index (χ0n) is 9.93. The van der Waals surface area contributed by atoms with Crippen LogP contribution in [0.1, 0.15) is 27.2 Å². The molecule has 0 aliphatic rings. The van der Waals surface area contributed by atoms with Crippen molar-refractivity contribution in [1.29, 1.82) is 5.41 Å². The van der Waals surface area contributed by atoms with Crippen LogP contribution in [0.2, 0.25) is 5.04 Å². The van der Waals surface area contributed by atoms with Crippen molar-refractivity contribution in [2.45, 2.75) is 32.2 Å². The summed E-state index contributed by atoms with van der Waals surface area (Å²) in [6.45, 7) is 5.80. The molecule has 84 valence electrons. The fraction of sp³-hybridized carbons (Fsp3) is 0.889. The monoisotopic (exact) mass is 219 g/mol. The molecule has 0 aliphatic carbocycles. The second kappa shape index (κ2) is 5.02. The highest BCUT2D eigenvalue weighted by atomic mass is 28.4. The molecule has 0 amide bonds. The first kappa shape index (κ1) is 13.8. The van der Waals surface area contributed by atoms with Crippen molar-refractivity contribution in [2.24, 2.45) is 0 Å². The highest BCUT2D eigenvalue weighted by molar-refractivity contribution is 6.64. The Hall–Kier alpha value is -0.233. The van der Waals surface area contributed by atoms with Crippen LogP contribution in [0.3, 0.4) is 0 Å². The Balaban J connectivity index is 4.87. The molecule has 0 heterocycles. The summed E-state index contributed by atoms with van der Waals surface area (Å²) in [4.78, 5) is 0. The molecule has 0 aliphatic heterocycles. The van der Waals surface area contributed by atoms with Gasteiger partial charge in [-0.25, -0.2) is 0 Å². The molecule has 1 N–H and O–H groups in total. The van der Waals surface area contributed by atoms with Gasteiger partial charge in [-0.1, -0.05) is 13.8 Å². The van der Waals surface area contributed by atoms with Crippen LogP contribution in [0, 0.1) is 5.41 Å². The van der Waals surface area contributed by atoms with Crippen molar-refractivity contribution < 1.29 is 13.3 Å². The molecule has 0 aromatic rings. The Labute approximate surface area is 87.4 Å². The van der Waals surface area contributed by atoms with E-state index in [-0.39, 0.29) is 5.04 Å². The van der Waals surface area contributed by atoms with Gasteiger partial charge in [-0.05, 0) is 13.3 Å². The molecular weight excluding hydrogens is 198 g/mol. The fourth-order valence-corrected chi connectivity index (χ4v) is 4.49. The molecule has 0 spiro atoms. The van der Waals surface area contributed by atoms with Gasteiger partial charge >= 0.3 is 8.80 Å². The lowest BCUT2D eigenvalue weighted by atomic mass is 10.1. The zero-order chi connectivity index (χ0) is 11.4. The second-order valence-corrected chi connectivity index (χ2v) is 7.70. The minimum atomic E-state index is -2.65. The first-order valence-electron chi connectivity index (χ1n) is 4.54. The number of hydrogen-bond donors (Lipinski definition) is 1. The highest BCUT2D eigenvalue weighted by Gasteiger charge is 2.53. The molecule has 14 heavy (non-hydrogen) atoms. The molecule has 0 aromatic carbocycles. The van der Waals surface area contributed by atoms with Gasteiger partial charge in [-0.3, -0.25) is 0 Å². The van der Waals surface area contributed by atoms with Crippen LogP contribution < -0.4 is 0 Å². The topological polar surface area (TPSA) is 51.5 Å². The van der Waals surface area contributed by atoms with E-state index >= 15 is 0 Å². The molecule has 0 saturated carbocycles. The normalized spacial score (nSPS) is 13.0. The Kier molecular flexibility index (Phi) is 4.94. The van der Waals surface area contributed by atoms with Gasteiger partial charge in [0.1, 0.15) is 0 Å². The maximum atomic E-state index is 7.51. The summed E-state index contributed by atoms with van der Waals surface area (Å²) >= 11 is 0. The van der Waals surface area contributed by atoms with Crippen molar-refractivity contribution in [3.63, 3.8) is 0 Å². The summed E-state index contributed by atoms with van der Waals surface area (Å²) in [5.41, 5.74) is 0.609. The van der Waals surface area contributed by atoms with Crippen LogP contribution in [0.15, 0.2) is 0 Å². The smallest absolute Gasteiger partial charge is 0.377 e. The average molecular weight is 219 g/mol. The number of rotatable bonds is 6. The first-order valence-corrected chi connectivity index (χ1v) is 6.27. The summed E-state index contributed by atoms with van der Waals surface area (Å²) < 4.78 is 16.2. The molecule has 0 unspecified atom stereocenters. The van der Waals surface area contributed by atoms with E-state index in [0.717, 1.165) is 0 Å². The Morgan fingerprint density at radius 2 is 1.50 bits per heavy atom. The minimum absolute atomic E-state index is 0.267. The summed E-state index contributed by atoms with van der Waals surface area (Å²) in [7, 11) is 2.14. The maximum Gasteiger partial charge on any atom is 0.506 e. The third kappa shape index (κ3) is 2.63. The fourth-order valence-electron chi connectivity index (χ4n) is 1.85. The quantitative estimate of drug-likeness (QED) is 0.549. The summed E-state index contributed by atoms with van der Waals surface area (Å²) in [6, 6.07) is 0. The molecule has 0 saturated heterocycles. The van der Waals surface area contributed by atoms with Crippen molar-refractivity contribution in [1.82, 2.24) is 0 Å². The predicted octanol–water partition coefficient (Wildman–Crippen LogP) is 2.07. The van der Waals surface area contributed by atoms with E-state index in [0.29, 0.717) is 12.1 Å². The summed E-state index contributed by atoms with van der Waals surface area (Å²) in [5.74, 6) is 0. The summed E-state index contributed by atoms with van der Waals surface area (Å²) in [5, 5.41) is 7.24. The maximum absolute atomic E-state index is 7.51. The van der Waals surface area contributed by atoms with Crippen LogP contribution in [0.5, 0.6) is 0 Å². The van der Waals surface area contributed by atoms with E-state index in [1.54, 1.807) is 28.3 Å². The van der Waals surface area contributed by atoms with E-state index in [2.05, 4.69) is 0 Å². The van der Waals surface area contributed by atoms with Crippen molar-refractivity contribution in [3.05, 3.63) is 0 Å². The third-order valence-corrected chi connectivity index (χ3v) is 5.79. The van der Waals surface area contributed by atoms with Crippen LogP contribution in [0.25, 0.3) is 0 Å². The third-order valence-electron chi connectivity index (χ3n) is 2.34. The van der Waals surface area contributed by atoms with E-state index < -0.39 is 8.80 Å². The molecule has 0 radical (unpaired) electrons. The van der Waals surface area contributed by atoms with Gasteiger partial charge in [0.15, 0.2) is 0 Å². The zero-order valence-corrected chi connectivity index (χ0v) is 10.9. The highest BCUT2D eigenvalue weighted by Crippen LogP contribution is 2.41. The number of hydrogen-bond acceptors (Lipinski definition) is 4. The Morgan fingerprint density at radius 3 is 1.71 bits per heavy atom. The minimum Gasteiger partial charge on any atom is -0.377 e. The van der Waals surface area contributed by atoms with Gasteiger partial charge in [0, 0.05) is 32.1 Å². The van der Waals surface area contributed by atoms with E-state index in [4.69, 9.17) is 18.7 Å². The molecule has 0 rings (SSSR count). The Morgan fingerprint density at radius 1 is 1.14 bits per heavy atom. The van der Waals surface area contributed by atoms with Crippen molar-refractivity contribution in [3.8, 4) is 0 Å². The lowest BCUT2D eigenvalue weighted by Gasteiger charge is -2.38. The van der Waals surface area contributed by atoms with Crippen molar-refractivity contribution >= 4 is 14.5 Å². The van der Waals surface area contributed by atoms with Crippen LogP contribution in [-0.4, -0.2) is 35.8 Å². The molecule has 0 bridgehead atoms.